The molecule has 1 aliphatic heterocycles. The predicted molar refractivity (Wildman–Crippen MR) is 126 cm³/mol. The van der Waals surface area contributed by atoms with Gasteiger partial charge in [0, 0.05) is 18.7 Å². The van der Waals surface area contributed by atoms with Crippen molar-refractivity contribution < 1.29 is 29.1 Å². The number of anilines is 1. The molecule has 0 unspecified atom stereocenters. The summed E-state index contributed by atoms with van der Waals surface area (Å²) in [6.07, 6.45) is 6.58. The average Bonchev–Trinajstić information content (AvgIpc) is 3.09. The third-order valence-corrected chi connectivity index (χ3v) is 5.84. The van der Waals surface area contributed by atoms with Crippen molar-refractivity contribution in [3.8, 4) is 5.75 Å². The Labute approximate surface area is 201 Å². The summed E-state index contributed by atoms with van der Waals surface area (Å²) >= 11 is 3.31. The number of β-amino-alcohol motifs (C(OH)–C–C–N with tert-alkyl or cyclic N) is 1. The van der Waals surface area contributed by atoms with Gasteiger partial charge in [0.25, 0.3) is 11.6 Å². The van der Waals surface area contributed by atoms with Crippen molar-refractivity contribution in [2.24, 2.45) is 0 Å². The largest absolute Gasteiger partial charge is 0.492 e. The molecule has 0 saturated heterocycles. The number of carbonyl (C=O) groups excluding carboxylic acids is 2. The second-order valence-corrected chi connectivity index (χ2v) is 8.45. The Balaban J connectivity index is 2.24. The van der Waals surface area contributed by atoms with E-state index in [4.69, 9.17) is 9.47 Å². The number of rotatable bonds is 14. The zero-order valence-corrected chi connectivity index (χ0v) is 20.5. The number of hydrogen-bond acceptors (Lipinski definition) is 8. The highest BCUT2D eigenvalue weighted by molar-refractivity contribution is 9.10. The van der Waals surface area contributed by atoms with Crippen LogP contribution in [0.3, 0.4) is 0 Å². The zero-order valence-electron chi connectivity index (χ0n) is 18.9. The summed E-state index contributed by atoms with van der Waals surface area (Å²) in [7, 11) is 1.18. The lowest BCUT2D eigenvalue weighted by atomic mass is 10.1. The van der Waals surface area contributed by atoms with E-state index in [0.29, 0.717) is 16.8 Å². The van der Waals surface area contributed by atoms with Crippen LogP contribution >= 0.6 is 15.9 Å². The fourth-order valence-corrected chi connectivity index (χ4v) is 3.90. The molecule has 0 saturated carbocycles. The Bertz CT molecular complexity index is 904. The van der Waals surface area contributed by atoms with Gasteiger partial charge in [0.1, 0.15) is 17.1 Å². The van der Waals surface area contributed by atoms with E-state index in [0.717, 1.165) is 19.3 Å². The number of methoxy groups -OCH3 is 1. The van der Waals surface area contributed by atoms with E-state index in [-0.39, 0.29) is 42.3 Å². The molecule has 2 rings (SSSR count). The number of aliphatic hydroxyl groups is 1. The van der Waals surface area contributed by atoms with Gasteiger partial charge in [-0.25, -0.2) is 4.79 Å². The topological polar surface area (TPSA) is 131 Å². The predicted octanol–water partition coefficient (Wildman–Crippen LogP) is 3.77. The van der Waals surface area contributed by atoms with Crippen molar-refractivity contribution in [3.63, 3.8) is 0 Å². The molecule has 0 atom stereocenters. The maximum Gasteiger partial charge on any atom is 0.337 e. The van der Waals surface area contributed by atoms with E-state index >= 15 is 0 Å². The number of unbranched alkanes of at least 4 members (excludes halogenated alkanes) is 5. The Morgan fingerprint density at radius 1 is 1.27 bits per heavy atom. The van der Waals surface area contributed by atoms with E-state index in [9.17, 15) is 24.8 Å². The number of aliphatic hydroxyl groups excluding tert-OH is 1. The second-order valence-electron chi connectivity index (χ2n) is 7.59. The van der Waals surface area contributed by atoms with Crippen LogP contribution in [-0.4, -0.2) is 60.2 Å². The number of ether oxygens (including phenoxy) is 2. The molecule has 33 heavy (non-hydrogen) atoms. The molecule has 10 nitrogen and oxygen atoms in total. The number of carbonyl (C=O) groups is 2. The molecule has 0 fully saturated rings. The molecule has 1 aliphatic rings. The number of hydrogen-bond donors (Lipinski definition) is 2. The minimum Gasteiger partial charge on any atom is -0.492 e. The molecule has 11 heteroatoms. The molecule has 1 aromatic carbocycles. The van der Waals surface area contributed by atoms with Gasteiger partial charge >= 0.3 is 5.97 Å². The molecule has 0 radical (unpaired) electrons. The molecule has 182 valence electrons. The lowest BCUT2D eigenvalue weighted by Crippen LogP contribution is -2.31. The molecule has 0 spiro atoms. The Morgan fingerprint density at radius 3 is 2.61 bits per heavy atom. The van der Waals surface area contributed by atoms with E-state index < -0.39 is 16.8 Å². The summed E-state index contributed by atoms with van der Waals surface area (Å²) in [6, 6.07) is 2.73. The number of nitrogens with zero attached hydrogens (tertiary/aromatic N) is 2. The smallest absolute Gasteiger partial charge is 0.337 e. The summed E-state index contributed by atoms with van der Waals surface area (Å²) in [4.78, 5) is 37.3. The first-order valence-electron chi connectivity index (χ1n) is 10.9. The second kappa shape index (κ2) is 13.1. The third-order valence-electron chi connectivity index (χ3n) is 5.22. The first-order valence-corrected chi connectivity index (χ1v) is 11.7. The van der Waals surface area contributed by atoms with E-state index in [1.165, 1.54) is 43.4 Å². The quantitative estimate of drug-likeness (QED) is 0.162. The molecular formula is C22H30BrN3O7. The number of halogens is 1. The van der Waals surface area contributed by atoms with E-state index in [2.05, 4.69) is 28.2 Å². The van der Waals surface area contributed by atoms with Crippen LogP contribution in [0, 0.1) is 10.1 Å². The number of esters is 1. The zero-order chi connectivity index (χ0) is 24.4. The SMILES string of the molecule is CCCCCCCCOc1cc(NC2=C(C(=O)OC)CN(CCO)C2=O)c([N+](=O)[O-])cc1Br. The lowest BCUT2D eigenvalue weighted by molar-refractivity contribution is -0.384. The highest BCUT2D eigenvalue weighted by atomic mass is 79.9. The average molecular weight is 528 g/mol. The Kier molecular flexibility index (Phi) is 10.6. The molecule has 1 heterocycles. The van der Waals surface area contributed by atoms with Crippen LogP contribution in [0.2, 0.25) is 0 Å². The van der Waals surface area contributed by atoms with Crippen molar-refractivity contribution in [2.75, 3.05) is 38.7 Å². The van der Waals surface area contributed by atoms with Gasteiger partial charge in [-0.05, 0) is 22.4 Å². The van der Waals surface area contributed by atoms with Crippen LogP contribution in [0.15, 0.2) is 27.9 Å². The number of nitro groups is 1. The first kappa shape index (κ1) is 26.6. The normalized spacial score (nSPS) is 13.5. The van der Waals surface area contributed by atoms with E-state index in [1.807, 2.05) is 0 Å². The number of nitrogens with one attached hydrogen (secondary N) is 1. The van der Waals surface area contributed by atoms with Crippen LogP contribution in [-0.2, 0) is 14.3 Å². The van der Waals surface area contributed by atoms with Gasteiger partial charge in [-0.3, -0.25) is 14.9 Å². The first-order chi connectivity index (χ1) is 15.8. The van der Waals surface area contributed by atoms with Crippen molar-refractivity contribution in [3.05, 3.63) is 38.0 Å². The highest BCUT2D eigenvalue weighted by Gasteiger charge is 2.35. The van der Waals surface area contributed by atoms with Gasteiger partial charge in [0.05, 0.1) is 41.8 Å². The molecule has 1 aromatic rings. The Morgan fingerprint density at radius 2 is 1.97 bits per heavy atom. The van der Waals surface area contributed by atoms with Gasteiger partial charge < -0.3 is 24.8 Å². The van der Waals surface area contributed by atoms with Crippen molar-refractivity contribution >= 4 is 39.2 Å². The van der Waals surface area contributed by atoms with Gasteiger partial charge in [0.2, 0.25) is 0 Å². The van der Waals surface area contributed by atoms with Gasteiger partial charge in [0.15, 0.2) is 0 Å². The number of nitro benzene ring substituents is 1. The summed E-state index contributed by atoms with van der Waals surface area (Å²) < 4.78 is 11.0. The van der Waals surface area contributed by atoms with Crippen LogP contribution in [0.4, 0.5) is 11.4 Å². The van der Waals surface area contributed by atoms with Gasteiger partial charge in [-0.1, -0.05) is 39.0 Å². The van der Waals surface area contributed by atoms with Crippen LogP contribution in [0.5, 0.6) is 5.75 Å². The van der Waals surface area contributed by atoms with Gasteiger partial charge in [-0.2, -0.15) is 0 Å². The highest BCUT2D eigenvalue weighted by Crippen LogP contribution is 2.38. The number of benzene rings is 1. The summed E-state index contributed by atoms with van der Waals surface area (Å²) in [6.45, 7) is 2.26. The maximum absolute atomic E-state index is 12.8. The van der Waals surface area contributed by atoms with Crippen molar-refractivity contribution in [2.45, 2.75) is 45.4 Å². The molecular weight excluding hydrogens is 498 g/mol. The maximum atomic E-state index is 12.8. The molecule has 2 N–H and O–H groups in total. The number of amides is 1. The monoisotopic (exact) mass is 527 g/mol. The molecule has 0 aromatic heterocycles. The summed E-state index contributed by atoms with van der Waals surface area (Å²) in [5.41, 5.74) is -0.374. The van der Waals surface area contributed by atoms with Crippen molar-refractivity contribution in [1.82, 2.24) is 4.90 Å². The fourth-order valence-electron chi connectivity index (χ4n) is 3.45. The molecule has 0 aliphatic carbocycles. The van der Waals surface area contributed by atoms with Crippen LogP contribution in [0.1, 0.15) is 45.4 Å². The van der Waals surface area contributed by atoms with Crippen LogP contribution in [0.25, 0.3) is 0 Å². The van der Waals surface area contributed by atoms with Crippen molar-refractivity contribution in [1.29, 1.82) is 0 Å². The lowest BCUT2D eigenvalue weighted by Gasteiger charge is -2.15. The molecule has 0 bridgehead atoms. The third kappa shape index (κ3) is 7.16. The molecule has 1 amide bonds. The van der Waals surface area contributed by atoms with E-state index in [1.54, 1.807) is 0 Å². The summed E-state index contributed by atoms with van der Waals surface area (Å²) in [5.74, 6) is -0.906. The fraction of sp³-hybridized carbons (Fsp3) is 0.545. The summed E-state index contributed by atoms with van der Waals surface area (Å²) in [5, 5.41) is 23.6. The Hall–Kier alpha value is -2.66. The minimum atomic E-state index is -0.731. The van der Waals surface area contributed by atoms with Crippen LogP contribution < -0.4 is 10.1 Å². The minimum absolute atomic E-state index is 0.0109. The standard InChI is InChI=1S/C22H30BrN3O7/c1-3-4-5-6-7-8-11-33-19-13-17(18(26(30)31)12-16(19)23)24-20-15(22(29)32-2)14-25(9-10-27)21(20)28/h12-13,24,27H,3-11,14H2,1-2H3. The van der Waals surface area contributed by atoms with Gasteiger partial charge in [-0.15, -0.1) is 0 Å².